The Bertz CT molecular complexity index is 542. The molecule has 0 spiro atoms. The molecule has 0 unspecified atom stereocenters. The van der Waals surface area contributed by atoms with Crippen LogP contribution >= 0.6 is 15.9 Å². The second kappa shape index (κ2) is 6.33. The summed E-state index contributed by atoms with van der Waals surface area (Å²) in [6, 6.07) is 3.73. The molecule has 7 heteroatoms. The summed E-state index contributed by atoms with van der Waals surface area (Å²) in [7, 11) is 0. The predicted octanol–water partition coefficient (Wildman–Crippen LogP) is 2.78. The Kier molecular flexibility index (Phi) is 4.51. The Morgan fingerprint density at radius 1 is 1.21 bits per heavy atom. The Morgan fingerprint density at radius 3 is 2.68 bits per heavy atom. The van der Waals surface area contributed by atoms with Crippen molar-refractivity contribution in [2.75, 3.05) is 22.9 Å². The summed E-state index contributed by atoms with van der Waals surface area (Å²) in [5, 5.41) is 6.22. The van der Waals surface area contributed by atoms with Gasteiger partial charge in [-0.2, -0.15) is 0 Å². The van der Waals surface area contributed by atoms with E-state index in [1.807, 2.05) is 12.1 Å². The molecular weight excluding hydrogens is 308 g/mol. The summed E-state index contributed by atoms with van der Waals surface area (Å²) in [6.07, 6.45) is 4.17. The van der Waals surface area contributed by atoms with Crippen LogP contribution in [0, 0.1) is 0 Å². The highest BCUT2D eigenvalue weighted by atomic mass is 79.9. The van der Waals surface area contributed by atoms with E-state index >= 15 is 0 Å². The maximum absolute atomic E-state index is 6.01. The highest BCUT2D eigenvalue weighted by Crippen LogP contribution is 2.25. The molecule has 0 saturated heterocycles. The highest BCUT2D eigenvalue weighted by molar-refractivity contribution is 9.10. The molecule has 4 N–H and O–H groups in total. The van der Waals surface area contributed by atoms with Gasteiger partial charge in [0.2, 0.25) is 0 Å². The number of hydrogen-bond acceptors (Lipinski definition) is 6. The number of rotatable bonds is 5. The van der Waals surface area contributed by atoms with Gasteiger partial charge in [-0.25, -0.2) is 15.0 Å². The van der Waals surface area contributed by atoms with Gasteiger partial charge in [-0.1, -0.05) is 6.92 Å². The first-order valence-corrected chi connectivity index (χ1v) is 6.73. The first kappa shape index (κ1) is 13.5. The summed E-state index contributed by atoms with van der Waals surface area (Å²) in [5.74, 6) is 1.86. The van der Waals surface area contributed by atoms with Gasteiger partial charge in [0.15, 0.2) is 11.6 Å². The van der Waals surface area contributed by atoms with Gasteiger partial charge in [0, 0.05) is 17.2 Å². The lowest BCUT2D eigenvalue weighted by Crippen LogP contribution is -2.08. The first-order chi connectivity index (χ1) is 9.20. The van der Waals surface area contributed by atoms with Crippen molar-refractivity contribution < 1.29 is 0 Å². The van der Waals surface area contributed by atoms with Crippen LogP contribution in [0.1, 0.15) is 13.3 Å². The van der Waals surface area contributed by atoms with Gasteiger partial charge in [0.25, 0.3) is 0 Å². The van der Waals surface area contributed by atoms with Crippen LogP contribution in [0.2, 0.25) is 0 Å². The lowest BCUT2D eigenvalue weighted by atomic mass is 10.4. The molecule has 0 amide bonds. The average Bonchev–Trinajstić information content (AvgIpc) is 2.42. The zero-order valence-electron chi connectivity index (χ0n) is 10.5. The molecule has 2 aromatic rings. The van der Waals surface area contributed by atoms with E-state index in [4.69, 9.17) is 5.73 Å². The highest BCUT2D eigenvalue weighted by Gasteiger charge is 2.08. The van der Waals surface area contributed by atoms with Crippen molar-refractivity contribution in [3.8, 4) is 0 Å². The molecule has 0 saturated carbocycles. The van der Waals surface area contributed by atoms with E-state index in [2.05, 4.69) is 48.4 Å². The molecule has 0 radical (unpaired) electrons. The summed E-state index contributed by atoms with van der Waals surface area (Å²) in [4.78, 5) is 12.5. The van der Waals surface area contributed by atoms with Crippen molar-refractivity contribution >= 4 is 39.1 Å². The van der Waals surface area contributed by atoms with Gasteiger partial charge in [0.05, 0.1) is 0 Å². The minimum absolute atomic E-state index is 0.487. The Morgan fingerprint density at radius 2 is 2.00 bits per heavy atom. The number of anilines is 4. The molecule has 2 aromatic heterocycles. The second-order valence-corrected chi connectivity index (χ2v) is 4.81. The summed E-state index contributed by atoms with van der Waals surface area (Å²) < 4.78 is 0.916. The Labute approximate surface area is 120 Å². The standard InChI is InChI=1S/C12H15BrN6/c1-2-5-15-11-10(14)12(18-7-17-11)19-9-4-3-8(13)6-16-9/h3-4,6-7H,2,5,14H2,1H3,(H2,15,16,17,18,19). The molecule has 0 aliphatic heterocycles. The third kappa shape index (κ3) is 3.54. The molecule has 6 nitrogen and oxygen atoms in total. The van der Waals surface area contributed by atoms with Crippen LogP contribution in [0.25, 0.3) is 0 Å². The van der Waals surface area contributed by atoms with Gasteiger partial charge < -0.3 is 16.4 Å². The normalized spacial score (nSPS) is 10.2. The SMILES string of the molecule is CCCNc1ncnc(Nc2ccc(Br)cn2)c1N. The number of nitrogens with two attached hydrogens (primary N) is 1. The van der Waals surface area contributed by atoms with E-state index in [1.54, 1.807) is 6.20 Å². The predicted molar refractivity (Wildman–Crippen MR) is 80.4 cm³/mol. The van der Waals surface area contributed by atoms with Crippen LogP contribution in [0.4, 0.5) is 23.1 Å². The van der Waals surface area contributed by atoms with Crippen LogP contribution in [0.5, 0.6) is 0 Å². The summed E-state index contributed by atoms with van der Waals surface area (Å²) in [6.45, 7) is 2.90. The molecule has 2 heterocycles. The molecule has 0 bridgehead atoms. The van der Waals surface area contributed by atoms with Gasteiger partial charge in [0.1, 0.15) is 17.8 Å². The fraction of sp³-hybridized carbons (Fsp3) is 0.250. The van der Waals surface area contributed by atoms with Crippen LogP contribution < -0.4 is 16.4 Å². The molecule has 19 heavy (non-hydrogen) atoms. The lowest BCUT2D eigenvalue weighted by Gasteiger charge is -2.11. The molecule has 0 aliphatic carbocycles. The van der Waals surface area contributed by atoms with E-state index in [0.29, 0.717) is 23.1 Å². The largest absolute Gasteiger partial charge is 0.393 e. The third-order valence-electron chi connectivity index (χ3n) is 2.40. The number of nitrogens with zero attached hydrogens (tertiary/aromatic N) is 3. The van der Waals surface area contributed by atoms with E-state index in [0.717, 1.165) is 17.4 Å². The van der Waals surface area contributed by atoms with E-state index in [9.17, 15) is 0 Å². The third-order valence-corrected chi connectivity index (χ3v) is 2.87. The van der Waals surface area contributed by atoms with Crippen molar-refractivity contribution in [1.29, 1.82) is 0 Å². The van der Waals surface area contributed by atoms with E-state index in [-0.39, 0.29) is 0 Å². The van der Waals surface area contributed by atoms with Gasteiger partial charge >= 0.3 is 0 Å². The van der Waals surface area contributed by atoms with Gasteiger partial charge in [-0.15, -0.1) is 0 Å². The molecule has 0 fully saturated rings. The maximum Gasteiger partial charge on any atom is 0.160 e. The first-order valence-electron chi connectivity index (χ1n) is 5.93. The van der Waals surface area contributed by atoms with E-state index < -0.39 is 0 Å². The molecule has 0 aliphatic rings. The Hall–Kier alpha value is -1.89. The topological polar surface area (TPSA) is 88.8 Å². The quantitative estimate of drug-likeness (QED) is 0.784. The van der Waals surface area contributed by atoms with Crippen molar-refractivity contribution in [3.63, 3.8) is 0 Å². The molecule has 0 atom stereocenters. The minimum Gasteiger partial charge on any atom is -0.393 e. The van der Waals surface area contributed by atoms with E-state index in [1.165, 1.54) is 6.33 Å². The fourth-order valence-electron chi connectivity index (χ4n) is 1.45. The smallest absolute Gasteiger partial charge is 0.160 e. The van der Waals surface area contributed by atoms with Crippen molar-refractivity contribution in [1.82, 2.24) is 15.0 Å². The number of pyridine rings is 1. The van der Waals surface area contributed by atoms with Crippen LogP contribution in [0.15, 0.2) is 29.1 Å². The van der Waals surface area contributed by atoms with Crippen LogP contribution in [-0.2, 0) is 0 Å². The van der Waals surface area contributed by atoms with Crippen molar-refractivity contribution in [3.05, 3.63) is 29.1 Å². The monoisotopic (exact) mass is 322 g/mol. The van der Waals surface area contributed by atoms with Crippen molar-refractivity contribution in [2.24, 2.45) is 0 Å². The molecule has 100 valence electrons. The van der Waals surface area contributed by atoms with Gasteiger partial charge in [-0.3, -0.25) is 0 Å². The summed E-state index contributed by atoms with van der Waals surface area (Å²) in [5.41, 5.74) is 6.50. The number of halogens is 1. The lowest BCUT2D eigenvalue weighted by molar-refractivity contribution is 0.966. The maximum atomic E-state index is 6.01. The average molecular weight is 323 g/mol. The number of aromatic nitrogens is 3. The van der Waals surface area contributed by atoms with Crippen LogP contribution in [-0.4, -0.2) is 21.5 Å². The zero-order valence-corrected chi connectivity index (χ0v) is 12.1. The minimum atomic E-state index is 0.487. The number of nitrogen functional groups attached to an aromatic ring is 1. The fourth-order valence-corrected chi connectivity index (χ4v) is 1.69. The second-order valence-electron chi connectivity index (χ2n) is 3.90. The molecule has 0 aromatic carbocycles. The zero-order chi connectivity index (χ0) is 13.7. The Balaban J connectivity index is 2.18. The summed E-state index contributed by atoms with van der Waals surface area (Å²) >= 11 is 3.33. The van der Waals surface area contributed by atoms with Crippen molar-refractivity contribution in [2.45, 2.75) is 13.3 Å². The van der Waals surface area contributed by atoms with Crippen LogP contribution in [0.3, 0.4) is 0 Å². The molecular formula is C12H15BrN6. The number of hydrogen-bond donors (Lipinski definition) is 3. The van der Waals surface area contributed by atoms with Gasteiger partial charge in [-0.05, 0) is 34.5 Å². The molecule has 2 rings (SSSR count). The number of nitrogens with one attached hydrogen (secondary N) is 2.